The fourth-order valence-electron chi connectivity index (χ4n) is 2.09. The summed E-state index contributed by atoms with van der Waals surface area (Å²) >= 11 is 28.0. The van der Waals surface area contributed by atoms with Crippen molar-refractivity contribution >= 4 is 82.3 Å². The van der Waals surface area contributed by atoms with Crippen LogP contribution in [0.3, 0.4) is 0 Å². The minimum atomic E-state index is 0. The van der Waals surface area contributed by atoms with Crippen LogP contribution in [0.1, 0.15) is 0 Å². The zero-order valence-electron chi connectivity index (χ0n) is 13.1. The Labute approximate surface area is 187 Å². The van der Waals surface area contributed by atoms with Gasteiger partial charge in [-0.3, -0.25) is 0 Å². The number of aromatic nitrogens is 2. The van der Waals surface area contributed by atoms with Crippen molar-refractivity contribution in [2.75, 3.05) is 0 Å². The Hall–Kier alpha value is -0.200. The summed E-state index contributed by atoms with van der Waals surface area (Å²) in [6.07, 6.45) is 5.49. The van der Waals surface area contributed by atoms with Gasteiger partial charge in [0.25, 0.3) is 0 Å². The average Bonchev–Trinajstić information content (AvgIpc) is 3.05. The highest BCUT2D eigenvalue weighted by molar-refractivity contribution is 8.17. The highest BCUT2D eigenvalue weighted by Crippen LogP contribution is 2.42. The Balaban J connectivity index is 0.00000243. The van der Waals surface area contributed by atoms with Crippen LogP contribution in [-0.4, -0.2) is 14.1 Å². The first-order valence-electron chi connectivity index (χ1n) is 7.20. The van der Waals surface area contributed by atoms with Crippen molar-refractivity contribution in [1.82, 2.24) is 9.55 Å². The van der Waals surface area contributed by atoms with Crippen LogP contribution in [0.15, 0.2) is 64.9 Å². The van der Waals surface area contributed by atoms with E-state index in [0.29, 0.717) is 20.1 Å². The molecule has 0 saturated carbocycles. The second-order valence-corrected chi connectivity index (χ2v) is 9.55. The average molecular weight is 487 g/mol. The number of hydrogen-bond acceptors (Lipinski definition) is 3. The Morgan fingerprint density at radius 2 is 1.42 bits per heavy atom. The van der Waals surface area contributed by atoms with Gasteiger partial charge < -0.3 is 4.57 Å². The van der Waals surface area contributed by atoms with Gasteiger partial charge in [-0.05, 0) is 36.4 Å². The third-order valence-electron chi connectivity index (χ3n) is 3.22. The Kier molecular flexibility index (Phi) is 8.81. The minimum Gasteiger partial charge on any atom is -0.336 e. The molecule has 1 heterocycles. The Bertz CT molecular complexity index is 805. The van der Waals surface area contributed by atoms with E-state index in [1.165, 1.54) is 0 Å². The lowest BCUT2D eigenvalue weighted by Gasteiger charge is -2.18. The molecule has 0 atom stereocenters. The van der Waals surface area contributed by atoms with Crippen LogP contribution >= 0.6 is 82.3 Å². The van der Waals surface area contributed by atoms with E-state index in [4.69, 9.17) is 46.4 Å². The van der Waals surface area contributed by atoms with Crippen LogP contribution in [0, 0.1) is 0 Å². The molecular formula is C17H13Cl5N2S2. The molecule has 3 aromatic rings. The standard InChI is InChI=1S/C17H12Cl4N2S2.ClH/c18-11-1-3-15(13(20)7-11)24-17(9-23-6-5-22-10-23)25-16-4-2-12(19)8-14(16)21;/h1-8,10,17H,9H2;1H. The first-order valence-corrected chi connectivity index (χ1v) is 10.5. The maximum Gasteiger partial charge on any atom is 0.0946 e. The quantitative estimate of drug-likeness (QED) is 0.261. The number of thioether (sulfide) groups is 2. The smallest absolute Gasteiger partial charge is 0.0946 e. The maximum absolute atomic E-state index is 6.33. The topological polar surface area (TPSA) is 17.8 Å². The van der Waals surface area contributed by atoms with Crippen molar-refractivity contribution in [3.05, 3.63) is 75.2 Å². The highest BCUT2D eigenvalue weighted by atomic mass is 35.5. The van der Waals surface area contributed by atoms with Crippen molar-refractivity contribution < 1.29 is 0 Å². The van der Waals surface area contributed by atoms with Crippen molar-refractivity contribution in [1.29, 1.82) is 0 Å². The lowest BCUT2D eigenvalue weighted by atomic mass is 10.4. The zero-order chi connectivity index (χ0) is 17.8. The van der Waals surface area contributed by atoms with Gasteiger partial charge in [0.2, 0.25) is 0 Å². The van der Waals surface area contributed by atoms with Crippen LogP contribution in [0.25, 0.3) is 0 Å². The van der Waals surface area contributed by atoms with Crippen LogP contribution < -0.4 is 0 Å². The summed E-state index contributed by atoms with van der Waals surface area (Å²) in [6.45, 7) is 0.743. The highest BCUT2D eigenvalue weighted by Gasteiger charge is 2.17. The largest absolute Gasteiger partial charge is 0.336 e. The monoisotopic (exact) mass is 484 g/mol. The van der Waals surface area contributed by atoms with Gasteiger partial charge in [0.05, 0.1) is 21.0 Å². The number of rotatable bonds is 6. The van der Waals surface area contributed by atoms with Crippen LogP contribution in [0.5, 0.6) is 0 Å². The van der Waals surface area contributed by atoms with Crippen molar-refractivity contribution in [3.63, 3.8) is 0 Å². The van der Waals surface area contributed by atoms with Gasteiger partial charge in [-0.1, -0.05) is 46.4 Å². The van der Waals surface area contributed by atoms with Crippen molar-refractivity contribution in [2.45, 2.75) is 20.9 Å². The number of benzene rings is 2. The summed E-state index contributed by atoms with van der Waals surface area (Å²) in [7, 11) is 0. The van der Waals surface area contributed by atoms with Gasteiger partial charge in [-0.15, -0.1) is 35.9 Å². The van der Waals surface area contributed by atoms with Gasteiger partial charge in [-0.25, -0.2) is 4.98 Å². The molecule has 9 heteroatoms. The molecule has 0 bridgehead atoms. The molecule has 0 aliphatic heterocycles. The van der Waals surface area contributed by atoms with Crippen molar-refractivity contribution in [2.24, 2.45) is 0 Å². The predicted molar refractivity (Wildman–Crippen MR) is 118 cm³/mol. The molecule has 2 nitrogen and oxygen atoms in total. The predicted octanol–water partition coefficient (Wildman–Crippen LogP) is 7.83. The van der Waals surface area contributed by atoms with Gasteiger partial charge in [0, 0.05) is 38.8 Å². The first-order chi connectivity index (χ1) is 12.0. The molecule has 0 amide bonds. The SMILES string of the molecule is Cl.Clc1ccc(SC(Cn2ccnc2)Sc2ccc(Cl)cc2Cl)c(Cl)c1. The maximum atomic E-state index is 6.33. The van der Waals surface area contributed by atoms with Crippen LogP contribution in [-0.2, 0) is 6.54 Å². The van der Waals surface area contributed by atoms with Gasteiger partial charge in [0.1, 0.15) is 0 Å². The molecule has 0 saturated heterocycles. The Morgan fingerprint density at radius 1 is 0.885 bits per heavy atom. The molecule has 2 aromatic carbocycles. The van der Waals surface area contributed by atoms with Crippen LogP contribution in [0.2, 0.25) is 20.1 Å². The molecule has 3 rings (SSSR count). The lowest BCUT2D eigenvalue weighted by molar-refractivity contribution is 0.750. The normalized spacial score (nSPS) is 10.8. The fraction of sp³-hybridized carbons (Fsp3) is 0.118. The van der Waals surface area contributed by atoms with E-state index < -0.39 is 0 Å². The summed E-state index contributed by atoms with van der Waals surface area (Å²) in [4.78, 5) is 6.04. The zero-order valence-corrected chi connectivity index (χ0v) is 18.6. The van der Waals surface area contributed by atoms with E-state index in [2.05, 4.69) is 4.98 Å². The van der Waals surface area contributed by atoms with Gasteiger partial charge in [0.15, 0.2) is 0 Å². The number of imidazole rings is 1. The molecular weight excluding hydrogens is 474 g/mol. The molecule has 0 fully saturated rings. The first kappa shape index (κ1) is 22.1. The van der Waals surface area contributed by atoms with Gasteiger partial charge in [-0.2, -0.15) is 0 Å². The number of hydrogen-bond donors (Lipinski definition) is 0. The second kappa shape index (κ2) is 10.4. The number of nitrogens with zero attached hydrogens (tertiary/aromatic N) is 2. The lowest BCUT2D eigenvalue weighted by Crippen LogP contribution is -2.08. The van der Waals surface area contributed by atoms with E-state index in [0.717, 1.165) is 16.3 Å². The third kappa shape index (κ3) is 6.16. The molecule has 0 radical (unpaired) electrons. The van der Waals surface area contributed by atoms with E-state index >= 15 is 0 Å². The second-order valence-electron chi connectivity index (χ2n) is 5.07. The van der Waals surface area contributed by atoms with Crippen molar-refractivity contribution in [3.8, 4) is 0 Å². The summed E-state index contributed by atoms with van der Waals surface area (Å²) in [5, 5.41) is 2.51. The molecule has 0 spiro atoms. The van der Waals surface area contributed by atoms with Gasteiger partial charge >= 0.3 is 0 Å². The molecule has 0 aliphatic carbocycles. The fourth-order valence-corrected chi connectivity index (χ4v) is 5.68. The van der Waals surface area contributed by atoms with E-state index in [-0.39, 0.29) is 17.0 Å². The molecule has 138 valence electrons. The molecule has 26 heavy (non-hydrogen) atoms. The van der Waals surface area contributed by atoms with E-state index in [1.807, 2.05) is 35.0 Å². The summed E-state index contributed by atoms with van der Waals surface area (Å²) in [5.41, 5.74) is 0. The van der Waals surface area contributed by atoms with Crippen LogP contribution in [0.4, 0.5) is 0 Å². The van der Waals surface area contributed by atoms with E-state index in [9.17, 15) is 0 Å². The minimum absolute atomic E-state index is 0. The molecule has 0 unspecified atom stereocenters. The third-order valence-corrected chi connectivity index (χ3v) is 7.16. The molecule has 0 aliphatic rings. The summed E-state index contributed by atoms with van der Waals surface area (Å²) < 4.78 is 2.16. The summed E-state index contributed by atoms with van der Waals surface area (Å²) in [5.74, 6) is 0. The molecule has 1 aromatic heterocycles. The molecule has 0 N–H and O–H groups in total. The van der Waals surface area contributed by atoms with E-state index in [1.54, 1.807) is 48.2 Å². The Morgan fingerprint density at radius 3 is 1.85 bits per heavy atom. The number of halogens is 5. The summed E-state index contributed by atoms with van der Waals surface area (Å²) in [6, 6.07) is 11.0.